The molecular formula is C30H43N3O5. The summed E-state index contributed by atoms with van der Waals surface area (Å²) in [5.74, 6) is -0.762. The largest absolute Gasteiger partial charge is 0.444 e. The fourth-order valence-corrected chi connectivity index (χ4v) is 4.11. The normalized spacial score (nSPS) is 12.9. The summed E-state index contributed by atoms with van der Waals surface area (Å²) in [5.41, 5.74) is 1.91. The van der Waals surface area contributed by atoms with Crippen LogP contribution in [0.4, 0.5) is 4.79 Å². The average molecular weight is 526 g/mol. The maximum absolute atomic E-state index is 14.0. The first-order chi connectivity index (χ1) is 17.9. The van der Waals surface area contributed by atoms with Gasteiger partial charge in [-0.3, -0.25) is 9.59 Å². The van der Waals surface area contributed by atoms with Crippen LogP contribution in [0, 0.1) is 5.92 Å². The van der Waals surface area contributed by atoms with Crippen LogP contribution in [0.3, 0.4) is 0 Å². The van der Waals surface area contributed by atoms with Gasteiger partial charge in [-0.1, -0.05) is 75.4 Å². The smallest absolute Gasteiger partial charge is 0.408 e. The Bertz CT molecular complexity index is 1030. The Kier molecular flexibility index (Phi) is 11.8. The molecular weight excluding hydrogens is 482 g/mol. The third-order valence-corrected chi connectivity index (χ3v) is 5.89. The van der Waals surface area contributed by atoms with Crippen LogP contribution in [-0.2, 0) is 27.3 Å². The zero-order chi connectivity index (χ0) is 28.3. The summed E-state index contributed by atoms with van der Waals surface area (Å²) < 4.78 is 5.40. The number of aliphatic hydroxyl groups excluding tert-OH is 1. The standard InChI is InChI=1S/C30H43N3O5/c1-7-22-13-15-24(16-14-22)26(27(35)31-20-23-11-9-8-10-12-23)33(17-18-34)28(36)25(19-21(2)3)32-29(37)38-30(4,5)6/h8-16,21,25-26,34H,7,17-20H2,1-6H3,(H,31,35)(H,32,37). The molecule has 0 saturated heterocycles. The van der Waals surface area contributed by atoms with Crippen LogP contribution in [0.1, 0.15) is 70.7 Å². The van der Waals surface area contributed by atoms with Crippen molar-refractivity contribution >= 4 is 17.9 Å². The van der Waals surface area contributed by atoms with E-state index >= 15 is 0 Å². The average Bonchev–Trinajstić information content (AvgIpc) is 2.86. The van der Waals surface area contributed by atoms with Gasteiger partial charge in [0.2, 0.25) is 11.8 Å². The second-order valence-electron chi connectivity index (χ2n) is 10.8. The quantitative estimate of drug-likeness (QED) is 0.382. The van der Waals surface area contributed by atoms with Crippen LogP contribution in [-0.4, -0.2) is 52.7 Å². The van der Waals surface area contributed by atoms with Gasteiger partial charge in [0.1, 0.15) is 17.7 Å². The molecule has 0 heterocycles. The Morgan fingerprint density at radius 2 is 1.61 bits per heavy atom. The van der Waals surface area contributed by atoms with E-state index in [1.54, 1.807) is 20.8 Å². The van der Waals surface area contributed by atoms with Crippen LogP contribution in [0.15, 0.2) is 54.6 Å². The van der Waals surface area contributed by atoms with Crippen molar-refractivity contribution in [1.29, 1.82) is 0 Å². The van der Waals surface area contributed by atoms with Gasteiger partial charge in [-0.2, -0.15) is 0 Å². The number of aliphatic hydroxyl groups is 1. The third-order valence-electron chi connectivity index (χ3n) is 5.89. The van der Waals surface area contributed by atoms with E-state index < -0.39 is 29.7 Å². The number of hydrogen-bond donors (Lipinski definition) is 3. The minimum atomic E-state index is -1.00. The summed E-state index contributed by atoms with van der Waals surface area (Å²) in [5, 5.41) is 15.6. The first-order valence-corrected chi connectivity index (χ1v) is 13.3. The molecule has 2 unspecified atom stereocenters. The van der Waals surface area contributed by atoms with Crippen molar-refractivity contribution in [3.05, 3.63) is 71.3 Å². The van der Waals surface area contributed by atoms with Gasteiger partial charge in [-0.25, -0.2) is 4.79 Å². The highest BCUT2D eigenvalue weighted by atomic mass is 16.6. The number of amides is 3. The summed E-state index contributed by atoms with van der Waals surface area (Å²) in [6.45, 7) is 11.0. The molecule has 2 atom stereocenters. The molecule has 0 bridgehead atoms. The van der Waals surface area contributed by atoms with Crippen molar-refractivity contribution in [3.63, 3.8) is 0 Å². The number of aryl methyl sites for hydroxylation is 1. The Labute approximate surface area is 226 Å². The summed E-state index contributed by atoms with van der Waals surface area (Å²) in [6.07, 6.45) is 0.464. The first kappa shape index (κ1) is 30.8. The number of nitrogens with one attached hydrogen (secondary N) is 2. The molecule has 0 aliphatic heterocycles. The fraction of sp³-hybridized carbons (Fsp3) is 0.500. The number of rotatable bonds is 12. The molecule has 2 rings (SSSR count). The number of ether oxygens (including phenoxy) is 1. The molecule has 208 valence electrons. The monoisotopic (exact) mass is 525 g/mol. The van der Waals surface area contributed by atoms with Crippen molar-refractivity contribution in [3.8, 4) is 0 Å². The maximum atomic E-state index is 14.0. The lowest BCUT2D eigenvalue weighted by molar-refractivity contribution is -0.143. The summed E-state index contributed by atoms with van der Waals surface area (Å²) in [4.78, 5) is 41.6. The lowest BCUT2D eigenvalue weighted by atomic mass is 9.98. The van der Waals surface area contributed by atoms with Crippen LogP contribution in [0.25, 0.3) is 0 Å². The molecule has 8 heteroatoms. The number of benzene rings is 2. The van der Waals surface area contributed by atoms with E-state index in [0.717, 1.165) is 17.5 Å². The number of hydrogen-bond acceptors (Lipinski definition) is 5. The van der Waals surface area contributed by atoms with Crippen molar-refractivity contribution in [2.24, 2.45) is 5.92 Å². The Hall–Kier alpha value is -3.39. The fourth-order valence-electron chi connectivity index (χ4n) is 4.11. The van der Waals surface area contributed by atoms with Gasteiger partial charge >= 0.3 is 6.09 Å². The highest BCUT2D eigenvalue weighted by Gasteiger charge is 2.36. The van der Waals surface area contributed by atoms with Crippen LogP contribution in [0.5, 0.6) is 0 Å². The third kappa shape index (κ3) is 9.82. The van der Waals surface area contributed by atoms with Crippen molar-refractivity contribution < 1.29 is 24.2 Å². The molecule has 0 aromatic heterocycles. The van der Waals surface area contributed by atoms with Crippen molar-refractivity contribution in [2.45, 2.75) is 78.6 Å². The molecule has 0 radical (unpaired) electrons. The molecule has 0 aliphatic rings. The molecule has 0 saturated carbocycles. The molecule has 38 heavy (non-hydrogen) atoms. The Morgan fingerprint density at radius 1 is 0.974 bits per heavy atom. The molecule has 0 fully saturated rings. The minimum absolute atomic E-state index is 0.0732. The predicted octanol–water partition coefficient (Wildman–Crippen LogP) is 4.37. The lowest BCUT2D eigenvalue weighted by Gasteiger charge is -2.34. The Morgan fingerprint density at radius 3 is 2.13 bits per heavy atom. The summed E-state index contributed by atoms with van der Waals surface area (Å²) >= 11 is 0. The van der Waals surface area contributed by atoms with E-state index in [-0.39, 0.29) is 31.5 Å². The minimum Gasteiger partial charge on any atom is -0.444 e. The van der Waals surface area contributed by atoms with Crippen molar-refractivity contribution in [1.82, 2.24) is 15.5 Å². The summed E-state index contributed by atoms with van der Waals surface area (Å²) in [6, 6.07) is 15.1. The van der Waals surface area contributed by atoms with E-state index in [1.165, 1.54) is 4.90 Å². The van der Waals surface area contributed by atoms with Gasteiger partial charge in [0.05, 0.1) is 6.61 Å². The maximum Gasteiger partial charge on any atom is 0.408 e. The molecule has 0 spiro atoms. The van der Waals surface area contributed by atoms with E-state index in [2.05, 4.69) is 10.6 Å². The topological polar surface area (TPSA) is 108 Å². The van der Waals surface area contributed by atoms with Gasteiger partial charge in [0.25, 0.3) is 0 Å². The highest BCUT2D eigenvalue weighted by Crippen LogP contribution is 2.24. The molecule has 0 aliphatic carbocycles. The number of carbonyl (C=O) groups excluding carboxylic acids is 3. The van der Waals surface area contributed by atoms with E-state index in [4.69, 9.17) is 4.74 Å². The van der Waals surface area contributed by atoms with Gasteiger partial charge in [0, 0.05) is 13.1 Å². The SMILES string of the molecule is CCc1ccc(C(C(=O)NCc2ccccc2)N(CCO)C(=O)C(CC(C)C)NC(=O)OC(C)(C)C)cc1. The van der Waals surface area contributed by atoms with E-state index in [1.807, 2.05) is 75.4 Å². The van der Waals surface area contributed by atoms with Crippen LogP contribution >= 0.6 is 0 Å². The molecule has 3 N–H and O–H groups in total. The predicted molar refractivity (Wildman–Crippen MR) is 148 cm³/mol. The first-order valence-electron chi connectivity index (χ1n) is 13.3. The van der Waals surface area contributed by atoms with E-state index in [9.17, 15) is 19.5 Å². The zero-order valence-corrected chi connectivity index (χ0v) is 23.5. The number of carbonyl (C=O) groups is 3. The highest BCUT2D eigenvalue weighted by molar-refractivity contribution is 5.92. The summed E-state index contributed by atoms with van der Waals surface area (Å²) in [7, 11) is 0. The second kappa shape index (κ2) is 14.5. The lowest BCUT2D eigenvalue weighted by Crippen LogP contribution is -2.54. The van der Waals surface area contributed by atoms with Crippen LogP contribution in [0.2, 0.25) is 0 Å². The van der Waals surface area contributed by atoms with Gasteiger partial charge in [0.15, 0.2) is 0 Å². The van der Waals surface area contributed by atoms with Gasteiger partial charge < -0.3 is 25.4 Å². The molecule has 8 nitrogen and oxygen atoms in total. The number of alkyl carbamates (subject to hydrolysis) is 1. The zero-order valence-electron chi connectivity index (χ0n) is 23.5. The van der Waals surface area contributed by atoms with Gasteiger partial charge in [-0.15, -0.1) is 0 Å². The molecule has 2 aromatic carbocycles. The van der Waals surface area contributed by atoms with Crippen LogP contribution < -0.4 is 10.6 Å². The second-order valence-corrected chi connectivity index (χ2v) is 10.8. The molecule has 3 amide bonds. The van der Waals surface area contributed by atoms with Gasteiger partial charge in [-0.05, 0) is 56.2 Å². The Balaban J connectivity index is 2.43. The number of nitrogens with zero attached hydrogens (tertiary/aromatic N) is 1. The van der Waals surface area contributed by atoms with E-state index in [0.29, 0.717) is 12.0 Å². The molecule has 2 aromatic rings. The van der Waals surface area contributed by atoms with Crippen molar-refractivity contribution in [2.75, 3.05) is 13.2 Å².